The summed E-state index contributed by atoms with van der Waals surface area (Å²) < 4.78 is 4.84. The lowest BCUT2D eigenvalue weighted by atomic mass is 10.2. The molecule has 0 aromatic heterocycles. The monoisotopic (exact) mass is 351 g/mol. The lowest BCUT2D eigenvalue weighted by Crippen LogP contribution is -2.42. The molecule has 10 heteroatoms. The van der Waals surface area contributed by atoms with Gasteiger partial charge in [-0.25, -0.2) is 4.79 Å². The van der Waals surface area contributed by atoms with Gasteiger partial charge in [0.05, 0.1) is 13.2 Å². The van der Waals surface area contributed by atoms with E-state index >= 15 is 0 Å². The van der Waals surface area contributed by atoms with Crippen molar-refractivity contribution in [3.8, 4) is 0 Å². The number of nitrogens with one attached hydrogen (secondary N) is 1. The van der Waals surface area contributed by atoms with E-state index in [9.17, 15) is 19.6 Å². The Morgan fingerprint density at radius 2 is 2.00 bits per heavy atom. The maximum Gasteiger partial charge on any atom is 0.329 e. The van der Waals surface area contributed by atoms with Gasteiger partial charge in [0, 0.05) is 19.1 Å². The predicted molar refractivity (Wildman–Crippen MR) is 83.1 cm³/mol. The normalized spacial score (nSPS) is 12.0. The van der Waals surface area contributed by atoms with Gasteiger partial charge in [0.2, 0.25) is 5.91 Å². The van der Waals surface area contributed by atoms with E-state index in [2.05, 4.69) is 10.2 Å². The van der Waals surface area contributed by atoms with Crippen LogP contribution in [0.5, 0.6) is 0 Å². The minimum Gasteiger partial charge on any atom is -0.738 e. The van der Waals surface area contributed by atoms with E-state index in [1.54, 1.807) is 6.92 Å². The Morgan fingerprint density at radius 1 is 1.30 bits per heavy atom. The first-order valence-corrected chi connectivity index (χ1v) is 8.23. The average molecular weight is 351 g/mol. The molecule has 2 N–H and O–H groups in total. The Hall–Kier alpha value is -1.20. The number of rotatable bonds is 12. The molecule has 0 fully saturated rings. The number of amides is 1. The van der Waals surface area contributed by atoms with Gasteiger partial charge < -0.3 is 20.5 Å². The minimum atomic E-state index is -0.845. The molecule has 0 heterocycles. The predicted octanol–water partition coefficient (Wildman–Crippen LogP) is 0.995. The highest BCUT2D eigenvalue weighted by atomic mass is 32.2. The van der Waals surface area contributed by atoms with Crippen molar-refractivity contribution < 1.29 is 29.2 Å². The number of unbranched alkanes of at least 4 members (excludes halogenated alkanes) is 2. The molecule has 0 aliphatic heterocycles. The largest absolute Gasteiger partial charge is 0.738 e. The van der Waals surface area contributed by atoms with Gasteiger partial charge in [-0.05, 0) is 19.8 Å². The van der Waals surface area contributed by atoms with Gasteiger partial charge in [-0.2, -0.15) is 0 Å². The van der Waals surface area contributed by atoms with Crippen LogP contribution in [-0.2, 0) is 24.0 Å². The van der Waals surface area contributed by atoms with E-state index in [-0.39, 0.29) is 30.0 Å². The van der Waals surface area contributed by atoms with Crippen molar-refractivity contribution in [2.45, 2.75) is 45.6 Å². The van der Waals surface area contributed by atoms with Crippen LogP contribution in [-0.4, -0.2) is 52.6 Å². The Kier molecular flexibility index (Phi) is 12.6. The first kappa shape index (κ1) is 21.8. The van der Waals surface area contributed by atoms with Crippen molar-refractivity contribution in [3.63, 3.8) is 0 Å². The van der Waals surface area contributed by atoms with Crippen LogP contribution in [0, 0.1) is 5.21 Å². The minimum absolute atomic E-state index is 0.0782. The van der Waals surface area contributed by atoms with Gasteiger partial charge in [0.25, 0.3) is 0 Å². The maximum atomic E-state index is 11.7. The molecule has 0 bridgehead atoms. The van der Waals surface area contributed by atoms with Crippen LogP contribution in [0.25, 0.3) is 0 Å². The van der Waals surface area contributed by atoms with Crippen molar-refractivity contribution in [3.05, 3.63) is 5.21 Å². The zero-order valence-electron chi connectivity index (χ0n) is 13.3. The maximum absolute atomic E-state index is 11.7. The zero-order valence-corrected chi connectivity index (χ0v) is 14.1. The lowest BCUT2D eigenvalue weighted by Gasteiger charge is -2.17. The van der Waals surface area contributed by atoms with Crippen LogP contribution in [0.1, 0.15) is 39.5 Å². The molecule has 0 radical (unpaired) electrons. The summed E-state index contributed by atoms with van der Waals surface area (Å²) in [5.41, 5.74) is 0. The molecule has 0 aliphatic rings. The lowest BCUT2D eigenvalue weighted by molar-refractivity contribution is -0.305. The summed E-state index contributed by atoms with van der Waals surface area (Å²) in [6.07, 6.45) is 2.10. The fourth-order valence-electron chi connectivity index (χ4n) is 1.60. The second-order valence-electron chi connectivity index (χ2n) is 4.57. The third kappa shape index (κ3) is 13.0. The molecule has 1 atom stereocenters. The number of nitrogens with zero attached hydrogens (tertiary/aromatic N) is 1. The quantitative estimate of drug-likeness (QED) is 0.300. The van der Waals surface area contributed by atoms with Crippen molar-refractivity contribution in [2.75, 3.05) is 19.0 Å². The Bertz CT molecular complexity index is 379. The van der Waals surface area contributed by atoms with Crippen molar-refractivity contribution in [2.24, 2.45) is 0 Å². The van der Waals surface area contributed by atoms with Crippen molar-refractivity contribution in [1.29, 1.82) is 0 Å². The van der Waals surface area contributed by atoms with Crippen LogP contribution in [0.2, 0.25) is 0 Å². The summed E-state index contributed by atoms with van der Waals surface area (Å²) in [6, 6.07) is -0.845. The fourth-order valence-corrected chi connectivity index (χ4v) is 2.46. The molecule has 0 saturated carbocycles. The van der Waals surface area contributed by atoms with E-state index in [1.807, 2.05) is 0 Å². The Labute approximate surface area is 139 Å². The number of thioether (sulfide) groups is 1. The van der Waals surface area contributed by atoms with Gasteiger partial charge in [-0.1, -0.05) is 18.2 Å². The molecule has 0 aromatic carbocycles. The van der Waals surface area contributed by atoms with Crippen LogP contribution in [0.4, 0.5) is 0 Å². The topological polar surface area (TPSA) is 128 Å². The first-order valence-electron chi connectivity index (χ1n) is 7.25. The molecule has 1 amide bonds. The van der Waals surface area contributed by atoms with Gasteiger partial charge in [-0.3, -0.25) is 14.4 Å². The highest BCUT2D eigenvalue weighted by molar-refractivity contribution is 8.13. The highest BCUT2D eigenvalue weighted by Crippen LogP contribution is 2.12. The van der Waals surface area contributed by atoms with Gasteiger partial charge in [0.1, 0.15) is 6.04 Å². The fraction of sp³-hybridized carbons (Fsp3) is 0.769. The Balaban J connectivity index is 3.93. The SMILES string of the molecule is CCOC(=O)C(CSC(=O)CCCCCON([O-])O)NC(C)=O. The molecule has 9 nitrogen and oxygen atoms in total. The molecule has 23 heavy (non-hydrogen) atoms. The van der Waals surface area contributed by atoms with E-state index < -0.39 is 17.4 Å². The molecule has 0 saturated heterocycles. The van der Waals surface area contributed by atoms with Crippen molar-refractivity contribution >= 4 is 28.8 Å². The molecular weight excluding hydrogens is 328 g/mol. The summed E-state index contributed by atoms with van der Waals surface area (Å²) in [5.74, 6) is -0.811. The number of esters is 1. The van der Waals surface area contributed by atoms with Crippen LogP contribution >= 0.6 is 11.8 Å². The summed E-state index contributed by atoms with van der Waals surface area (Å²) in [4.78, 5) is 38.7. The van der Waals surface area contributed by atoms with E-state index in [0.717, 1.165) is 11.8 Å². The van der Waals surface area contributed by atoms with Gasteiger partial charge >= 0.3 is 5.97 Å². The first-order chi connectivity index (χ1) is 10.9. The molecule has 134 valence electrons. The third-order valence-corrected chi connectivity index (χ3v) is 3.61. The van der Waals surface area contributed by atoms with E-state index in [1.165, 1.54) is 6.92 Å². The molecule has 0 spiro atoms. The second-order valence-corrected chi connectivity index (χ2v) is 5.65. The number of carbonyl (C=O) groups excluding carboxylic acids is 3. The third-order valence-electron chi connectivity index (χ3n) is 2.59. The molecule has 0 aromatic rings. The van der Waals surface area contributed by atoms with Crippen LogP contribution in [0.15, 0.2) is 0 Å². The number of ether oxygens (including phenoxy) is 1. The Morgan fingerprint density at radius 3 is 2.57 bits per heavy atom. The molecule has 1 unspecified atom stereocenters. The average Bonchev–Trinajstić information content (AvgIpc) is 2.46. The van der Waals surface area contributed by atoms with Gasteiger partial charge in [-0.15, -0.1) is 5.39 Å². The molecular formula is C13H23N2O7S-. The van der Waals surface area contributed by atoms with Crippen molar-refractivity contribution in [1.82, 2.24) is 10.7 Å². The molecule has 0 aliphatic carbocycles. The van der Waals surface area contributed by atoms with Crippen LogP contribution < -0.4 is 5.32 Å². The number of carbonyl (C=O) groups is 3. The molecule has 0 rings (SSSR count). The van der Waals surface area contributed by atoms with E-state index in [0.29, 0.717) is 25.7 Å². The summed E-state index contributed by atoms with van der Waals surface area (Å²) >= 11 is 0.965. The smallest absolute Gasteiger partial charge is 0.329 e. The van der Waals surface area contributed by atoms with Crippen LogP contribution in [0.3, 0.4) is 0 Å². The summed E-state index contributed by atoms with van der Waals surface area (Å²) in [7, 11) is 0. The summed E-state index contributed by atoms with van der Waals surface area (Å²) in [5, 5.41) is 20.0. The number of hydrogen-bond donors (Lipinski definition) is 2. The summed E-state index contributed by atoms with van der Waals surface area (Å²) in [6.45, 7) is 3.23. The van der Waals surface area contributed by atoms with Gasteiger partial charge in [0.15, 0.2) is 5.12 Å². The zero-order chi connectivity index (χ0) is 17.7. The second kappa shape index (κ2) is 13.3. The number of hydrogen-bond acceptors (Lipinski definition) is 9. The van der Waals surface area contributed by atoms with E-state index in [4.69, 9.17) is 9.94 Å². The highest BCUT2D eigenvalue weighted by Gasteiger charge is 2.22. The standard InChI is InChI=1S/C13H23N2O7S/c1-3-21-13(18)11(14-10(2)16)9-23-12(17)7-5-4-6-8-22-15(19)20/h11,19H,3-9H2,1-2H3,(H,14,16)/q-1.